The molecule has 0 bridgehead atoms. The Kier molecular flexibility index (Phi) is 6.73. The predicted molar refractivity (Wildman–Crippen MR) is 105 cm³/mol. The van der Waals surface area contributed by atoms with Crippen LogP contribution in [0.3, 0.4) is 0 Å². The SMILES string of the molecule is CCCOc1c(Br)cc(C(=O)Nc2c(C)cc(C)cc2Cl)cc1OC. The van der Waals surface area contributed by atoms with E-state index < -0.39 is 0 Å². The number of aryl methyl sites for hydroxylation is 2. The zero-order chi connectivity index (χ0) is 18.6. The highest BCUT2D eigenvalue weighted by molar-refractivity contribution is 9.10. The van der Waals surface area contributed by atoms with E-state index in [1.54, 1.807) is 19.2 Å². The average molecular weight is 427 g/mol. The molecule has 0 saturated carbocycles. The second kappa shape index (κ2) is 8.59. The molecule has 0 spiro atoms. The molecule has 6 heteroatoms. The van der Waals surface area contributed by atoms with E-state index in [2.05, 4.69) is 21.2 Å². The van der Waals surface area contributed by atoms with Crippen molar-refractivity contribution in [3.05, 3.63) is 50.5 Å². The molecule has 0 aliphatic carbocycles. The molecule has 0 saturated heterocycles. The summed E-state index contributed by atoms with van der Waals surface area (Å²) in [5, 5.41) is 3.39. The molecule has 0 aliphatic heterocycles. The number of hydrogen-bond acceptors (Lipinski definition) is 3. The second-order valence-corrected chi connectivity index (χ2v) is 6.99. The number of amides is 1. The maximum atomic E-state index is 12.7. The van der Waals surface area contributed by atoms with Crippen LogP contribution in [-0.4, -0.2) is 19.6 Å². The summed E-state index contributed by atoms with van der Waals surface area (Å²) < 4.78 is 11.7. The van der Waals surface area contributed by atoms with Gasteiger partial charge in [0.2, 0.25) is 0 Å². The Morgan fingerprint density at radius 2 is 1.96 bits per heavy atom. The van der Waals surface area contributed by atoms with Crippen molar-refractivity contribution in [3.8, 4) is 11.5 Å². The first kappa shape index (κ1) is 19.6. The minimum Gasteiger partial charge on any atom is -0.493 e. The Hall–Kier alpha value is -1.72. The van der Waals surface area contributed by atoms with Crippen LogP contribution in [-0.2, 0) is 0 Å². The molecule has 2 aromatic carbocycles. The number of rotatable bonds is 6. The van der Waals surface area contributed by atoms with Gasteiger partial charge in [-0.3, -0.25) is 4.79 Å². The molecule has 2 rings (SSSR count). The maximum absolute atomic E-state index is 12.7. The van der Waals surface area contributed by atoms with Gasteiger partial charge < -0.3 is 14.8 Å². The predicted octanol–water partition coefficient (Wildman–Crippen LogP) is 5.77. The van der Waals surface area contributed by atoms with Gasteiger partial charge in [0.05, 0.1) is 28.9 Å². The highest BCUT2D eigenvalue weighted by Gasteiger charge is 2.17. The first-order valence-corrected chi connectivity index (χ1v) is 9.12. The van der Waals surface area contributed by atoms with E-state index in [1.807, 2.05) is 32.9 Å². The minimum absolute atomic E-state index is 0.269. The number of ether oxygens (including phenoxy) is 2. The molecule has 0 aliphatic rings. The fourth-order valence-corrected chi connectivity index (χ4v) is 3.38. The third kappa shape index (κ3) is 4.67. The number of benzene rings is 2. The molecule has 0 radical (unpaired) electrons. The smallest absolute Gasteiger partial charge is 0.255 e. The van der Waals surface area contributed by atoms with Crippen molar-refractivity contribution in [2.24, 2.45) is 0 Å². The highest BCUT2D eigenvalue weighted by atomic mass is 79.9. The number of carbonyl (C=O) groups excluding carboxylic acids is 1. The number of carbonyl (C=O) groups is 1. The molecule has 0 heterocycles. The fourth-order valence-electron chi connectivity index (χ4n) is 2.45. The second-order valence-electron chi connectivity index (χ2n) is 5.73. The van der Waals surface area contributed by atoms with Crippen LogP contribution in [0.1, 0.15) is 34.8 Å². The van der Waals surface area contributed by atoms with E-state index in [1.165, 1.54) is 0 Å². The maximum Gasteiger partial charge on any atom is 0.255 e. The van der Waals surface area contributed by atoms with E-state index in [4.69, 9.17) is 21.1 Å². The quantitative estimate of drug-likeness (QED) is 0.638. The monoisotopic (exact) mass is 425 g/mol. The van der Waals surface area contributed by atoms with Gasteiger partial charge in [0, 0.05) is 5.56 Å². The number of nitrogens with one attached hydrogen (secondary N) is 1. The summed E-state index contributed by atoms with van der Waals surface area (Å²) in [5.74, 6) is 0.819. The number of hydrogen-bond donors (Lipinski definition) is 1. The van der Waals surface area contributed by atoms with Crippen LogP contribution in [0, 0.1) is 13.8 Å². The molecule has 0 aromatic heterocycles. The molecule has 0 unspecified atom stereocenters. The van der Waals surface area contributed by atoms with Gasteiger partial charge >= 0.3 is 0 Å². The molecule has 4 nitrogen and oxygen atoms in total. The standard InChI is InChI=1S/C19H21BrClNO3/c1-5-6-25-18-14(20)9-13(10-16(18)24-4)19(23)22-17-12(3)7-11(2)8-15(17)21/h7-10H,5-6H2,1-4H3,(H,22,23). The molecule has 1 N–H and O–H groups in total. The van der Waals surface area contributed by atoms with Crippen molar-refractivity contribution in [3.63, 3.8) is 0 Å². The molecule has 0 fully saturated rings. The van der Waals surface area contributed by atoms with E-state index in [0.717, 1.165) is 17.5 Å². The molecular formula is C19H21BrClNO3. The van der Waals surface area contributed by atoms with Gasteiger partial charge in [0.1, 0.15) is 0 Å². The minimum atomic E-state index is -0.269. The van der Waals surface area contributed by atoms with Crippen molar-refractivity contribution in [1.29, 1.82) is 0 Å². The fraction of sp³-hybridized carbons (Fsp3) is 0.316. The zero-order valence-corrected chi connectivity index (χ0v) is 17.0. The van der Waals surface area contributed by atoms with Gasteiger partial charge in [-0.15, -0.1) is 0 Å². The van der Waals surface area contributed by atoms with Crippen LogP contribution < -0.4 is 14.8 Å². The summed E-state index contributed by atoms with van der Waals surface area (Å²) in [6.45, 7) is 6.46. The largest absolute Gasteiger partial charge is 0.493 e. The zero-order valence-electron chi connectivity index (χ0n) is 14.7. The summed E-state index contributed by atoms with van der Waals surface area (Å²) >= 11 is 9.72. The molecule has 134 valence electrons. The van der Waals surface area contributed by atoms with Gasteiger partial charge in [0.15, 0.2) is 11.5 Å². The summed E-state index contributed by atoms with van der Waals surface area (Å²) in [6, 6.07) is 7.16. The number of anilines is 1. The normalized spacial score (nSPS) is 10.5. The van der Waals surface area contributed by atoms with Gasteiger partial charge in [-0.2, -0.15) is 0 Å². The first-order valence-electron chi connectivity index (χ1n) is 7.95. The van der Waals surface area contributed by atoms with Crippen molar-refractivity contribution in [1.82, 2.24) is 0 Å². The summed E-state index contributed by atoms with van der Waals surface area (Å²) in [6.07, 6.45) is 0.878. The lowest BCUT2D eigenvalue weighted by atomic mass is 10.1. The first-order chi connectivity index (χ1) is 11.9. The Morgan fingerprint density at radius 1 is 1.24 bits per heavy atom. The molecule has 1 amide bonds. The summed E-state index contributed by atoms with van der Waals surface area (Å²) in [4.78, 5) is 12.7. The van der Waals surface area contributed by atoms with Crippen molar-refractivity contribution in [2.75, 3.05) is 19.0 Å². The van der Waals surface area contributed by atoms with E-state index >= 15 is 0 Å². The molecule has 25 heavy (non-hydrogen) atoms. The van der Waals surface area contributed by atoms with Gasteiger partial charge in [-0.25, -0.2) is 0 Å². The van der Waals surface area contributed by atoms with Crippen LogP contribution in [0.5, 0.6) is 11.5 Å². The van der Waals surface area contributed by atoms with Crippen LogP contribution in [0.4, 0.5) is 5.69 Å². The molecule has 0 atom stereocenters. The van der Waals surface area contributed by atoms with Crippen molar-refractivity contribution < 1.29 is 14.3 Å². The summed E-state index contributed by atoms with van der Waals surface area (Å²) in [5.41, 5.74) is 3.01. The van der Waals surface area contributed by atoms with Crippen LogP contribution >= 0.6 is 27.5 Å². The Bertz CT molecular complexity index is 769. The number of halogens is 2. The van der Waals surface area contributed by atoms with E-state index in [9.17, 15) is 4.79 Å². The highest BCUT2D eigenvalue weighted by Crippen LogP contribution is 2.37. The van der Waals surface area contributed by atoms with Crippen molar-refractivity contribution in [2.45, 2.75) is 27.2 Å². The third-order valence-electron chi connectivity index (χ3n) is 3.61. The van der Waals surface area contributed by atoms with Crippen molar-refractivity contribution >= 4 is 39.1 Å². The Balaban J connectivity index is 2.32. The number of methoxy groups -OCH3 is 1. The lowest BCUT2D eigenvalue weighted by Crippen LogP contribution is -2.14. The van der Waals surface area contributed by atoms with Crippen LogP contribution in [0.15, 0.2) is 28.7 Å². The van der Waals surface area contributed by atoms with Gasteiger partial charge in [-0.1, -0.05) is 24.6 Å². The van der Waals surface area contributed by atoms with E-state index in [0.29, 0.717) is 38.9 Å². The Morgan fingerprint density at radius 3 is 2.56 bits per heavy atom. The third-order valence-corrected chi connectivity index (χ3v) is 4.50. The van der Waals surface area contributed by atoms with Crippen LogP contribution in [0.25, 0.3) is 0 Å². The lowest BCUT2D eigenvalue weighted by Gasteiger charge is -2.15. The Labute approximate surface area is 161 Å². The summed E-state index contributed by atoms with van der Waals surface area (Å²) in [7, 11) is 1.54. The van der Waals surface area contributed by atoms with Gasteiger partial charge in [0.25, 0.3) is 5.91 Å². The van der Waals surface area contributed by atoms with E-state index in [-0.39, 0.29) is 5.91 Å². The molecular weight excluding hydrogens is 406 g/mol. The average Bonchev–Trinajstić information content (AvgIpc) is 2.56. The lowest BCUT2D eigenvalue weighted by molar-refractivity contribution is 0.102. The van der Waals surface area contributed by atoms with Gasteiger partial charge in [-0.05, 0) is 65.5 Å². The topological polar surface area (TPSA) is 47.6 Å². The van der Waals surface area contributed by atoms with Crippen LogP contribution in [0.2, 0.25) is 5.02 Å². The molecule has 2 aromatic rings.